The highest BCUT2D eigenvalue weighted by Gasteiger charge is 2.11. The Morgan fingerprint density at radius 1 is 1.19 bits per heavy atom. The maximum absolute atomic E-state index is 6.21. The van der Waals surface area contributed by atoms with Gasteiger partial charge >= 0.3 is 0 Å². The molecule has 112 valence electrons. The number of aryl methyl sites for hydroxylation is 1. The molecule has 0 spiro atoms. The molecule has 0 aliphatic heterocycles. The van der Waals surface area contributed by atoms with Gasteiger partial charge in [-0.3, -0.25) is 0 Å². The van der Waals surface area contributed by atoms with Gasteiger partial charge in [-0.25, -0.2) is 4.98 Å². The van der Waals surface area contributed by atoms with Crippen molar-refractivity contribution in [2.75, 3.05) is 14.2 Å². The van der Waals surface area contributed by atoms with E-state index in [-0.39, 0.29) is 0 Å². The number of rotatable bonds is 6. The molecule has 1 aromatic carbocycles. The lowest BCUT2D eigenvalue weighted by molar-refractivity contribution is 0.373. The molecule has 0 saturated heterocycles. The summed E-state index contributed by atoms with van der Waals surface area (Å²) in [6.45, 7) is 2.80. The number of nitrogens with one attached hydrogen (secondary N) is 1. The van der Waals surface area contributed by atoms with Gasteiger partial charge in [0.15, 0.2) is 11.5 Å². The van der Waals surface area contributed by atoms with Gasteiger partial charge in [-0.15, -0.1) is 0 Å². The minimum absolute atomic E-state index is 0.374. The molecule has 0 atom stereocenters. The Balaban J connectivity index is 2.25. The van der Waals surface area contributed by atoms with Crippen LogP contribution in [0, 0.1) is 0 Å². The first kappa shape index (κ1) is 15.6. The summed E-state index contributed by atoms with van der Waals surface area (Å²) in [4.78, 5) is 4.26. The van der Waals surface area contributed by atoms with E-state index in [0.29, 0.717) is 28.9 Å². The van der Waals surface area contributed by atoms with Crippen molar-refractivity contribution in [1.29, 1.82) is 0 Å². The molecule has 0 saturated carbocycles. The standard InChI is InChI=1S/C16H19ClN2O2/c1-4-11-5-6-14(15(8-11)20-3)21-16-13(17)7-12(9-18-2)10-19-16/h5-8,10,18H,4,9H2,1-3H3. The van der Waals surface area contributed by atoms with Crippen molar-refractivity contribution in [2.45, 2.75) is 19.9 Å². The van der Waals surface area contributed by atoms with E-state index in [0.717, 1.165) is 12.0 Å². The van der Waals surface area contributed by atoms with Gasteiger partial charge < -0.3 is 14.8 Å². The lowest BCUT2D eigenvalue weighted by Gasteiger charge is -2.12. The van der Waals surface area contributed by atoms with Crippen LogP contribution in [0.1, 0.15) is 18.1 Å². The van der Waals surface area contributed by atoms with Crippen LogP contribution in [0.15, 0.2) is 30.5 Å². The summed E-state index contributed by atoms with van der Waals surface area (Å²) in [5.41, 5.74) is 2.19. The average molecular weight is 307 g/mol. The van der Waals surface area contributed by atoms with Crippen LogP contribution in [0.25, 0.3) is 0 Å². The largest absolute Gasteiger partial charge is 0.493 e. The van der Waals surface area contributed by atoms with Crippen molar-refractivity contribution >= 4 is 11.6 Å². The van der Waals surface area contributed by atoms with Crippen molar-refractivity contribution in [1.82, 2.24) is 10.3 Å². The van der Waals surface area contributed by atoms with Crippen molar-refractivity contribution in [3.05, 3.63) is 46.6 Å². The number of hydrogen-bond donors (Lipinski definition) is 1. The van der Waals surface area contributed by atoms with Crippen LogP contribution in [0.4, 0.5) is 0 Å². The van der Waals surface area contributed by atoms with Gasteiger partial charge in [0.1, 0.15) is 5.02 Å². The molecule has 0 aliphatic rings. The zero-order chi connectivity index (χ0) is 15.2. The summed E-state index contributed by atoms with van der Waals surface area (Å²) in [6.07, 6.45) is 2.68. The Labute approximate surface area is 130 Å². The Morgan fingerprint density at radius 2 is 2.00 bits per heavy atom. The third-order valence-electron chi connectivity index (χ3n) is 3.09. The molecule has 1 N–H and O–H groups in total. The molecule has 21 heavy (non-hydrogen) atoms. The van der Waals surface area contributed by atoms with E-state index in [9.17, 15) is 0 Å². The maximum Gasteiger partial charge on any atom is 0.238 e. The van der Waals surface area contributed by atoms with E-state index < -0.39 is 0 Å². The van der Waals surface area contributed by atoms with Crippen LogP contribution in [-0.4, -0.2) is 19.1 Å². The summed E-state index contributed by atoms with van der Waals surface area (Å²) in [7, 11) is 3.49. The normalized spacial score (nSPS) is 10.5. The predicted octanol–water partition coefficient (Wildman–Crippen LogP) is 3.82. The van der Waals surface area contributed by atoms with Crippen LogP contribution >= 0.6 is 11.6 Å². The number of halogens is 1. The monoisotopic (exact) mass is 306 g/mol. The highest BCUT2D eigenvalue weighted by molar-refractivity contribution is 6.31. The summed E-state index contributed by atoms with van der Waals surface area (Å²) < 4.78 is 11.1. The molecule has 2 rings (SSSR count). The molecule has 4 nitrogen and oxygen atoms in total. The second-order valence-corrected chi connectivity index (χ2v) is 5.01. The number of nitrogens with zero attached hydrogens (tertiary/aromatic N) is 1. The number of benzene rings is 1. The summed E-state index contributed by atoms with van der Waals surface area (Å²) in [6, 6.07) is 7.67. The number of pyridine rings is 1. The van der Waals surface area contributed by atoms with Gasteiger partial charge in [0.2, 0.25) is 5.88 Å². The number of hydrogen-bond acceptors (Lipinski definition) is 4. The van der Waals surface area contributed by atoms with Crippen LogP contribution in [0.2, 0.25) is 5.02 Å². The molecule has 0 bridgehead atoms. The van der Waals surface area contributed by atoms with E-state index in [4.69, 9.17) is 21.1 Å². The smallest absolute Gasteiger partial charge is 0.238 e. The molecule has 0 aliphatic carbocycles. The Kier molecular flexibility index (Phi) is 5.42. The minimum atomic E-state index is 0.374. The number of ether oxygens (including phenoxy) is 2. The first-order valence-corrected chi connectivity index (χ1v) is 7.19. The molecule has 1 aromatic heterocycles. The third kappa shape index (κ3) is 3.86. The maximum atomic E-state index is 6.21. The van der Waals surface area contributed by atoms with Gasteiger partial charge in [0, 0.05) is 12.7 Å². The first-order chi connectivity index (χ1) is 10.2. The zero-order valence-electron chi connectivity index (χ0n) is 12.4. The summed E-state index contributed by atoms with van der Waals surface area (Å²) >= 11 is 6.21. The molecule has 2 aromatic rings. The number of aromatic nitrogens is 1. The molecular formula is C16H19ClN2O2. The van der Waals surface area contributed by atoms with E-state index >= 15 is 0 Å². The van der Waals surface area contributed by atoms with Crippen LogP contribution in [0.3, 0.4) is 0 Å². The topological polar surface area (TPSA) is 43.4 Å². The SMILES string of the molecule is CCc1ccc(Oc2ncc(CNC)cc2Cl)c(OC)c1. The van der Waals surface area contributed by atoms with Gasteiger partial charge in [-0.2, -0.15) is 0 Å². The average Bonchev–Trinajstić information content (AvgIpc) is 2.50. The summed E-state index contributed by atoms with van der Waals surface area (Å²) in [5, 5.41) is 3.53. The van der Waals surface area contributed by atoms with Crippen LogP contribution < -0.4 is 14.8 Å². The van der Waals surface area contributed by atoms with Gasteiger partial charge in [0.05, 0.1) is 7.11 Å². The predicted molar refractivity (Wildman–Crippen MR) is 84.5 cm³/mol. The molecular weight excluding hydrogens is 288 g/mol. The highest BCUT2D eigenvalue weighted by atomic mass is 35.5. The van der Waals surface area contributed by atoms with Crippen molar-refractivity contribution in [2.24, 2.45) is 0 Å². The molecule has 0 fully saturated rings. The van der Waals surface area contributed by atoms with Gasteiger partial charge in [0.25, 0.3) is 0 Å². The third-order valence-corrected chi connectivity index (χ3v) is 3.36. The first-order valence-electron chi connectivity index (χ1n) is 6.81. The van der Waals surface area contributed by atoms with E-state index in [1.807, 2.05) is 31.3 Å². The van der Waals surface area contributed by atoms with E-state index in [1.54, 1.807) is 13.3 Å². The molecule has 0 amide bonds. The molecule has 5 heteroatoms. The molecule has 0 radical (unpaired) electrons. The Hall–Kier alpha value is -1.78. The van der Waals surface area contributed by atoms with Crippen molar-refractivity contribution in [3.8, 4) is 17.4 Å². The summed E-state index contributed by atoms with van der Waals surface area (Å²) in [5.74, 6) is 1.65. The fraction of sp³-hybridized carbons (Fsp3) is 0.312. The quantitative estimate of drug-likeness (QED) is 0.881. The fourth-order valence-electron chi connectivity index (χ4n) is 1.96. The minimum Gasteiger partial charge on any atom is -0.493 e. The van der Waals surface area contributed by atoms with Crippen molar-refractivity contribution < 1.29 is 9.47 Å². The Bertz CT molecular complexity index is 617. The lowest BCUT2D eigenvalue weighted by Crippen LogP contribution is -2.05. The zero-order valence-corrected chi connectivity index (χ0v) is 13.2. The number of methoxy groups -OCH3 is 1. The molecule has 1 heterocycles. The van der Waals surface area contributed by atoms with Crippen molar-refractivity contribution in [3.63, 3.8) is 0 Å². The van der Waals surface area contributed by atoms with Gasteiger partial charge in [-0.1, -0.05) is 24.6 Å². The fourth-order valence-corrected chi connectivity index (χ4v) is 2.19. The Morgan fingerprint density at radius 3 is 2.62 bits per heavy atom. The second-order valence-electron chi connectivity index (χ2n) is 4.60. The lowest BCUT2D eigenvalue weighted by atomic mass is 10.1. The van der Waals surface area contributed by atoms with E-state index in [2.05, 4.69) is 17.2 Å². The van der Waals surface area contributed by atoms with E-state index in [1.165, 1.54) is 5.56 Å². The molecule has 0 unspecified atom stereocenters. The second kappa shape index (κ2) is 7.29. The van der Waals surface area contributed by atoms with Crippen LogP contribution in [0.5, 0.6) is 17.4 Å². The van der Waals surface area contributed by atoms with Crippen LogP contribution in [-0.2, 0) is 13.0 Å². The van der Waals surface area contributed by atoms with Gasteiger partial charge in [-0.05, 0) is 42.8 Å². The highest BCUT2D eigenvalue weighted by Crippen LogP contribution is 2.34.